The van der Waals surface area contributed by atoms with Crippen molar-refractivity contribution in [2.45, 2.75) is 18.9 Å². The van der Waals surface area contributed by atoms with Crippen molar-refractivity contribution in [3.63, 3.8) is 0 Å². The van der Waals surface area contributed by atoms with Crippen LogP contribution in [0.5, 0.6) is 0 Å². The molecule has 1 aromatic rings. The zero-order chi connectivity index (χ0) is 16.3. The zero-order valence-corrected chi connectivity index (χ0v) is 13.0. The van der Waals surface area contributed by atoms with Gasteiger partial charge in [-0.25, -0.2) is 0 Å². The van der Waals surface area contributed by atoms with Gasteiger partial charge in [-0.1, -0.05) is 23.2 Å². The lowest BCUT2D eigenvalue weighted by Crippen LogP contribution is -2.43. The van der Waals surface area contributed by atoms with E-state index in [1.807, 2.05) is 0 Å². The van der Waals surface area contributed by atoms with Crippen molar-refractivity contribution in [1.29, 1.82) is 0 Å². The van der Waals surface area contributed by atoms with Gasteiger partial charge in [0.15, 0.2) is 0 Å². The number of hydrogen-bond acceptors (Lipinski definition) is 3. The van der Waals surface area contributed by atoms with Crippen molar-refractivity contribution in [3.8, 4) is 0 Å². The highest BCUT2D eigenvalue weighted by atomic mass is 35.5. The molecule has 0 radical (unpaired) electrons. The predicted octanol–water partition coefficient (Wildman–Crippen LogP) is 1.80. The van der Waals surface area contributed by atoms with Crippen molar-refractivity contribution in [2.75, 3.05) is 13.1 Å². The summed E-state index contributed by atoms with van der Waals surface area (Å²) < 4.78 is 0. The quantitative estimate of drug-likeness (QED) is 0.823. The number of carboxylic acids is 1. The monoisotopic (exact) mass is 344 g/mol. The molecule has 0 saturated heterocycles. The van der Waals surface area contributed by atoms with Gasteiger partial charge in [0.2, 0.25) is 5.91 Å². The van der Waals surface area contributed by atoms with Gasteiger partial charge in [0.25, 0.3) is 5.91 Å². The SMILES string of the molecule is O=C(O)CN(C(=O)CNC(=O)c1ccc(Cl)c(Cl)c1)C1CC1. The third-order valence-electron chi connectivity index (χ3n) is 3.20. The van der Waals surface area contributed by atoms with Gasteiger partial charge >= 0.3 is 5.97 Å². The Hall–Kier alpha value is -1.79. The largest absolute Gasteiger partial charge is 0.480 e. The van der Waals surface area contributed by atoms with Crippen LogP contribution in [0.4, 0.5) is 0 Å². The Kier molecular flexibility index (Phi) is 5.26. The number of halogens is 2. The number of carbonyl (C=O) groups is 3. The lowest BCUT2D eigenvalue weighted by atomic mass is 10.2. The molecule has 22 heavy (non-hydrogen) atoms. The summed E-state index contributed by atoms with van der Waals surface area (Å²) in [6, 6.07) is 4.34. The Labute approximate surface area is 137 Å². The molecule has 6 nitrogen and oxygen atoms in total. The van der Waals surface area contributed by atoms with Crippen LogP contribution in [0.25, 0.3) is 0 Å². The summed E-state index contributed by atoms with van der Waals surface area (Å²) in [6.07, 6.45) is 1.58. The highest BCUT2D eigenvalue weighted by molar-refractivity contribution is 6.42. The lowest BCUT2D eigenvalue weighted by Gasteiger charge is -2.20. The van der Waals surface area contributed by atoms with Crippen LogP contribution in [-0.2, 0) is 9.59 Å². The number of carbonyl (C=O) groups excluding carboxylic acids is 2. The maximum atomic E-state index is 12.0. The maximum absolute atomic E-state index is 12.0. The van der Waals surface area contributed by atoms with E-state index in [0.717, 1.165) is 12.8 Å². The van der Waals surface area contributed by atoms with Gasteiger partial charge in [-0.3, -0.25) is 14.4 Å². The third kappa shape index (κ3) is 4.35. The van der Waals surface area contributed by atoms with Crippen molar-refractivity contribution in [3.05, 3.63) is 33.8 Å². The molecule has 0 spiro atoms. The van der Waals surface area contributed by atoms with Gasteiger partial charge in [-0.2, -0.15) is 0 Å². The molecule has 0 bridgehead atoms. The molecule has 1 aliphatic rings. The van der Waals surface area contributed by atoms with E-state index >= 15 is 0 Å². The third-order valence-corrected chi connectivity index (χ3v) is 3.93. The van der Waals surface area contributed by atoms with Crippen LogP contribution in [0.1, 0.15) is 23.2 Å². The average Bonchev–Trinajstić information content (AvgIpc) is 3.29. The van der Waals surface area contributed by atoms with E-state index in [1.54, 1.807) is 0 Å². The minimum absolute atomic E-state index is 0.0366. The predicted molar refractivity (Wildman–Crippen MR) is 81.2 cm³/mol. The van der Waals surface area contributed by atoms with Gasteiger partial charge in [-0.15, -0.1) is 0 Å². The summed E-state index contributed by atoms with van der Waals surface area (Å²) in [7, 11) is 0. The van der Waals surface area contributed by atoms with E-state index < -0.39 is 17.8 Å². The molecule has 0 heterocycles. The molecule has 1 aromatic carbocycles. The van der Waals surface area contributed by atoms with E-state index in [2.05, 4.69) is 5.32 Å². The summed E-state index contributed by atoms with van der Waals surface area (Å²) in [4.78, 5) is 36.0. The highest BCUT2D eigenvalue weighted by Gasteiger charge is 2.33. The summed E-state index contributed by atoms with van der Waals surface area (Å²) in [5.74, 6) is -1.97. The lowest BCUT2D eigenvalue weighted by molar-refractivity contribution is -0.144. The molecule has 2 rings (SSSR count). The molecule has 2 amide bonds. The highest BCUT2D eigenvalue weighted by Crippen LogP contribution is 2.26. The summed E-state index contributed by atoms with van der Waals surface area (Å²) >= 11 is 11.6. The first kappa shape index (κ1) is 16.6. The maximum Gasteiger partial charge on any atom is 0.323 e. The Balaban J connectivity index is 1.93. The van der Waals surface area contributed by atoms with Crippen LogP contribution in [0, 0.1) is 0 Å². The molecule has 1 fully saturated rings. The normalized spacial score (nSPS) is 13.5. The number of hydrogen-bond donors (Lipinski definition) is 2. The molecule has 0 aromatic heterocycles. The van der Waals surface area contributed by atoms with E-state index in [4.69, 9.17) is 28.3 Å². The topological polar surface area (TPSA) is 86.7 Å². The van der Waals surface area contributed by atoms with Gasteiger partial charge in [0, 0.05) is 11.6 Å². The van der Waals surface area contributed by atoms with E-state index in [0.29, 0.717) is 5.02 Å². The first-order valence-electron chi connectivity index (χ1n) is 6.63. The van der Waals surface area contributed by atoms with Crippen LogP contribution in [0.15, 0.2) is 18.2 Å². The van der Waals surface area contributed by atoms with E-state index in [9.17, 15) is 14.4 Å². The number of nitrogens with one attached hydrogen (secondary N) is 1. The number of benzene rings is 1. The number of carboxylic acid groups (broad SMARTS) is 1. The molecular formula is C14H14Cl2N2O4. The molecule has 2 N–H and O–H groups in total. The number of amides is 2. The second-order valence-corrected chi connectivity index (χ2v) is 5.77. The zero-order valence-electron chi connectivity index (χ0n) is 11.5. The number of nitrogens with zero attached hydrogens (tertiary/aromatic N) is 1. The van der Waals surface area contributed by atoms with E-state index in [1.165, 1.54) is 23.1 Å². The van der Waals surface area contributed by atoms with Crippen LogP contribution in [0.2, 0.25) is 10.0 Å². The fraction of sp³-hybridized carbons (Fsp3) is 0.357. The molecule has 8 heteroatoms. The van der Waals surface area contributed by atoms with Crippen molar-refractivity contribution in [2.24, 2.45) is 0 Å². The van der Waals surface area contributed by atoms with Crippen molar-refractivity contribution in [1.82, 2.24) is 10.2 Å². The Morgan fingerprint density at radius 3 is 2.45 bits per heavy atom. The molecule has 118 valence electrons. The molecule has 0 unspecified atom stereocenters. The number of aliphatic carboxylic acids is 1. The Morgan fingerprint density at radius 2 is 1.91 bits per heavy atom. The Bertz CT molecular complexity index is 617. The van der Waals surface area contributed by atoms with Crippen LogP contribution in [-0.4, -0.2) is 46.9 Å². The van der Waals surface area contributed by atoms with Crippen LogP contribution < -0.4 is 5.32 Å². The van der Waals surface area contributed by atoms with Gasteiger partial charge in [-0.05, 0) is 31.0 Å². The standard InChI is InChI=1S/C14H14Cl2N2O4/c15-10-4-1-8(5-11(10)16)14(22)17-6-12(19)18(7-13(20)21)9-2-3-9/h1,4-5,9H,2-3,6-7H2,(H,17,22)(H,20,21). The second kappa shape index (κ2) is 6.98. The Morgan fingerprint density at radius 1 is 1.23 bits per heavy atom. The van der Waals surface area contributed by atoms with Gasteiger partial charge in [0.05, 0.1) is 16.6 Å². The van der Waals surface area contributed by atoms with Gasteiger partial charge in [0.1, 0.15) is 6.54 Å². The summed E-state index contributed by atoms with van der Waals surface area (Å²) in [5.41, 5.74) is 0.276. The van der Waals surface area contributed by atoms with Crippen molar-refractivity contribution < 1.29 is 19.5 Å². The fourth-order valence-electron chi connectivity index (χ4n) is 1.95. The van der Waals surface area contributed by atoms with Crippen LogP contribution >= 0.6 is 23.2 Å². The van der Waals surface area contributed by atoms with Gasteiger partial charge < -0.3 is 15.3 Å². The first-order chi connectivity index (χ1) is 10.4. The molecule has 1 saturated carbocycles. The molecule has 0 atom stereocenters. The average molecular weight is 345 g/mol. The number of rotatable bonds is 6. The minimum atomic E-state index is -1.07. The van der Waals surface area contributed by atoms with E-state index in [-0.39, 0.29) is 29.7 Å². The second-order valence-electron chi connectivity index (χ2n) is 4.96. The molecular weight excluding hydrogens is 331 g/mol. The smallest absolute Gasteiger partial charge is 0.323 e. The molecule has 1 aliphatic carbocycles. The first-order valence-corrected chi connectivity index (χ1v) is 7.38. The fourth-order valence-corrected chi connectivity index (χ4v) is 2.25. The summed E-state index contributed by atoms with van der Waals surface area (Å²) in [6.45, 7) is -0.616. The van der Waals surface area contributed by atoms with Crippen molar-refractivity contribution >= 4 is 41.0 Å². The summed E-state index contributed by atoms with van der Waals surface area (Å²) in [5, 5.41) is 11.8. The minimum Gasteiger partial charge on any atom is -0.480 e. The molecule has 0 aliphatic heterocycles. The van der Waals surface area contributed by atoms with Crippen LogP contribution in [0.3, 0.4) is 0 Å².